The number of furan rings is 1. The zero-order valence-electron chi connectivity index (χ0n) is 11.0. The van der Waals surface area contributed by atoms with Crippen molar-refractivity contribution in [2.75, 3.05) is 10.6 Å². The molecule has 2 aromatic heterocycles. The maximum atomic E-state index is 5.84. The zero-order valence-corrected chi connectivity index (χ0v) is 11.7. The maximum Gasteiger partial charge on any atom is 0.249 e. The van der Waals surface area contributed by atoms with Gasteiger partial charge >= 0.3 is 0 Å². The van der Waals surface area contributed by atoms with E-state index in [-0.39, 0.29) is 0 Å². The highest BCUT2D eigenvalue weighted by Crippen LogP contribution is 2.17. The van der Waals surface area contributed by atoms with Crippen molar-refractivity contribution < 1.29 is 4.42 Å². The van der Waals surface area contributed by atoms with Gasteiger partial charge in [-0.25, -0.2) is 0 Å². The molecule has 0 saturated heterocycles. The molecule has 1 aromatic carbocycles. The molecule has 0 bridgehead atoms. The van der Waals surface area contributed by atoms with Gasteiger partial charge in [0.1, 0.15) is 5.76 Å². The number of nitrogens with zero attached hydrogens (tertiary/aromatic N) is 3. The first-order valence-electron chi connectivity index (χ1n) is 6.28. The molecule has 0 aliphatic heterocycles. The van der Waals surface area contributed by atoms with Gasteiger partial charge in [0.25, 0.3) is 0 Å². The summed E-state index contributed by atoms with van der Waals surface area (Å²) in [4.78, 5) is 4.32. The first-order valence-corrected chi connectivity index (χ1v) is 6.66. The molecular formula is C14H12ClN5O. The first kappa shape index (κ1) is 13.4. The largest absolute Gasteiger partial charge is 0.467 e. The Hall–Kier alpha value is -2.60. The summed E-state index contributed by atoms with van der Waals surface area (Å²) in [5.74, 6) is 1.83. The van der Waals surface area contributed by atoms with Gasteiger partial charge in [-0.1, -0.05) is 11.6 Å². The van der Waals surface area contributed by atoms with Crippen LogP contribution in [0.25, 0.3) is 0 Å². The number of nitrogens with one attached hydrogen (secondary N) is 2. The van der Waals surface area contributed by atoms with E-state index in [9.17, 15) is 0 Å². The lowest BCUT2D eigenvalue weighted by molar-refractivity contribution is 0.517. The van der Waals surface area contributed by atoms with E-state index in [0.717, 1.165) is 11.4 Å². The van der Waals surface area contributed by atoms with Crippen LogP contribution in [0.1, 0.15) is 5.76 Å². The van der Waals surface area contributed by atoms with Crippen LogP contribution in [0.4, 0.5) is 17.5 Å². The Balaban J connectivity index is 1.66. The number of anilines is 3. The highest BCUT2D eigenvalue weighted by Gasteiger charge is 2.02. The molecule has 0 saturated carbocycles. The number of benzene rings is 1. The third-order valence-corrected chi connectivity index (χ3v) is 2.94. The second-order valence-electron chi connectivity index (χ2n) is 4.23. The van der Waals surface area contributed by atoms with Gasteiger partial charge in [0, 0.05) is 10.7 Å². The van der Waals surface area contributed by atoms with Crippen LogP contribution in [0.2, 0.25) is 5.02 Å². The fourth-order valence-electron chi connectivity index (χ4n) is 1.69. The van der Waals surface area contributed by atoms with E-state index in [1.807, 2.05) is 24.3 Å². The van der Waals surface area contributed by atoms with Crippen LogP contribution < -0.4 is 10.6 Å². The lowest BCUT2D eigenvalue weighted by Gasteiger charge is -2.06. The van der Waals surface area contributed by atoms with Crippen molar-refractivity contribution in [2.45, 2.75) is 6.54 Å². The van der Waals surface area contributed by atoms with Gasteiger partial charge in [-0.2, -0.15) is 10.1 Å². The van der Waals surface area contributed by atoms with Crippen LogP contribution in [0.15, 0.2) is 53.3 Å². The fourth-order valence-corrected chi connectivity index (χ4v) is 1.82. The average molecular weight is 302 g/mol. The lowest BCUT2D eigenvalue weighted by Crippen LogP contribution is -2.05. The molecule has 2 N–H and O–H groups in total. The summed E-state index contributed by atoms with van der Waals surface area (Å²) < 4.78 is 5.24. The van der Waals surface area contributed by atoms with Crippen LogP contribution in [0, 0.1) is 0 Å². The summed E-state index contributed by atoms with van der Waals surface area (Å²) in [6.45, 7) is 0.534. The van der Waals surface area contributed by atoms with E-state index >= 15 is 0 Å². The van der Waals surface area contributed by atoms with E-state index in [1.165, 1.54) is 0 Å². The van der Waals surface area contributed by atoms with Gasteiger partial charge in [-0.15, -0.1) is 5.10 Å². The summed E-state index contributed by atoms with van der Waals surface area (Å²) in [6.07, 6.45) is 3.18. The van der Waals surface area contributed by atoms with Crippen LogP contribution >= 0.6 is 11.6 Å². The molecule has 3 rings (SSSR count). The predicted molar refractivity (Wildman–Crippen MR) is 80.6 cm³/mol. The number of hydrogen-bond donors (Lipinski definition) is 2. The Morgan fingerprint density at radius 3 is 2.76 bits per heavy atom. The monoisotopic (exact) mass is 301 g/mol. The van der Waals surface area contributed by atoms with Gasteiger partial charge in [0.2, 0.25) is 5.95 Å². The Labute approximate surface area is 126 Å². The molecule has 0 spiro atoms. The first-order chi connectivity index (χ1) is 10.3. The average Bonchev–Trinajstić information content (AvgIpc) is 3.01. The van der Waals surface area contributed by atoms with Gasteiger partial charge in [0.15, 0.2) is 5.82 Å². The molecule has 2 heterocycles. The normalized spacial score (nSPS) is 10.3. The van der Waals surface area contributed by atoms with Crippen LogP contribution in [-0.2, 0) is 6.54 Å². The minimum atomic E-state index is 0.404. The molecule has 21 heavy (non-hydrogen) atoms. The quantitative estimate of drug-likeness (QED) is 0.751. The van der Waals surface area contributed by atoms with Crippen molar-refractivity contribution in [2.24, 2.45) is 0 Å². The van der Waals surface area contributed by atoms with E-state index in [0.29, 0.717) is 23.3 Å². The molecule has 106 valence electrons. The third kappa shape index (κ3) is 3.70. The molecule has 0 aliphatic rings. The van der Waals surface area contributed by atoms with Crippen molar-refractivity contribution >= 4 is 29.1 Å². The van der Waals surface area contributed by atoms with Gasteiger partial charge < -0.3 is 15.1 Å². The van der Waals surface area contributed by atoms with E-state index in [4.69, 9.17) is 16.0 Å². The Kier molecular flexibility index (Phi) is 3.97. The smallest absolute Gasteiger partial charge is 0.249 e. The summed E-state index contributed by atoms with van der Waals surface area (Å²) >= 11 is 5.84. The van der Waals surface area contributed by atoms with Gasteiger partial charge in [-0.3, -0.25) is 0 Å². The molecular weight excluding hydrogens is 290 g/mol. The minimum Gasteiger partial charge on any atom is -0.467 e. The predicted octanol–water partition coefficient (Wildman–Crippen LogP) is 3.47. The molecule has 0 atom stereocenters. The standard InChI is InChI=1S/C14H12ClN5O/c15-10-3-5-11(6-4-10)18-14-19-13(9-17-20-14)16-8-12-2-1-7-21-12/h1-7,9H,8H2,(H2,16,18,19,20). The lowest BCUT2D eigenvalue weighted by atomic mass is 10.3. The number of rotatable bonds is 5. The highest BCUT2D eigenvalue weighted by atomic mass is 35.5. The Bertz CT molecular complexity index is 700. The topological polar surface area (TPSA) is 75.9 Å². The summed E-state index contributed by atoms with van der Waals surface area (Å²) in [5, 5.41) is 14.7. The van der Waals surface area contributed by atoms with Crippen molar-refractivity contribution in [3.8, 4) is 0 Å². The highest BCUT2D eigenvalue weighted by molar-refractivity contribution is 6.30. The number of hydrogen-bond acceptors (Lipinski definition) is 6. The molecule has 0 amide bonds. The van der Waals surface area contributed by atoms with Crippen molar-refractivity contribution in [3.63, 3.8) is 0 Å². The SMILES string of the molecule is Clc1ccc(Nc2nncc(NCc3ccco3)n2)cc1. The second kappa shape index (κ2) is 6.23. The van der Waals surface area contributed by atoms with Crippen LogP contribution in [-0.4, -0.2) is 15.2 Å². The number of halogens is 1. The molecule has 0 radical (unpaired) electrons. The second-order valence-corrected chi connectivity index (χ2v) is 4.67. The van der Waals surface area contributed by atoms with E-state index in [2.05, 4.69) is 25.8 Å². The van der Waals surface area contributed by atoms with Crippen LogP contribution in [0.3, 0.4) is 0 Å². The van der Waals surface area contributed by atoms with Gasteiger partial charge in [-0.05, 0) is 36.4 Å². The van der Waals surface area contributed by atoms with Gasteiger partial charge in [0.05, 0.1) is 19.0 Å². The van der Waals surface area contributed by atoms with Crippen molar-refractivity contribution in [1.82, 2.24) is 15.2 Å². The van der Waals surface area contributed by atoms with Crippen LogP contribution in [0.5, 0.6) is 0 Å². The fraction of sp³-hybridized carbons (Fsp3) is 0.0714. The van der Waals surface area contributed by atoms with E-state index in [1.54, 1.807) is 24.6 Å². The summed E-state index contributed by atoms with van der Waals surface area (Å²) in [7, 11) is 0. The molecule has 6 nitrogen and oxygen atoms in total. The zero-order chi connectivity index (χ0) is 14.5. The Morgan fingerprint density at radius 1 is 1.14 bits per heavy atom. The Morgan fingerprint density at radius 2 is 2.00 bits per heavy atom. The molecule has 7 heteroatoms. The molecule has 0 unspecified atom stereocenters. The maximum absolute atomic E-state index is 5.84. The molecule has 0 fully saturated rings. The third-order valence-electron chi connectivity index (χ3n) is 2.68. The van der Waals surface area contributed by atoms with Crippen molar-refractivity contribution in [3.05, 3.63) is 59.6 Å². The minimum absolute atomic E-state index is 0.404. The summed E-state index contributed by atoms with van der Waals surface area (Å²) in [5.41, 5.74) is 0.837. The number of aromatic nitrogens is 3. The molecule has 3 aromatic rings. The molecule has 0 aliphatic carbocycles. The van der Waals surface area contributed by atoms with Crippen molar-refractivity contribution in [1.29, 1.82) is 0 Å². The summed E-state index contributed by atoms with van der Waals surface area (Å²) in [6, 6.07) is 11.0. The van der Waals surface area contributed by atoms with E-state index < -0.39 is 0 Å².